The second-order valence-electron chi connectivity index (χ2n) is 5.98. The van der Waals surface area contributed by atoms with E-state index in [1.165, 1.54) is 12.1 Å². The lowest BCUT2D eigenvalue weighted by atomic mass is 9.95. The molecule has 1 aromatic carbocycles. The molecule has 0 aliphatic carbocycles. The molecule has 134 valence electrons. The van der Waals surface area contributed by atoms with Crippen LogP contribution in [0.25, 0.3) is 0 Å². The van der Waals surface area contributed by atoms with Crippen LogP contribution in [-0.4, -0.2) is 36.5 Å². The maximum absolute atomic E-state index is 12.0. The Morgan fingerprint density at radius 2 is 2.08 bits per heavy atom. The standard InChI is InChI=1S/C16H24N4O3.ClH/c1-12-11-17-10-8-15(12)19-16(21)3-2-9-18-13-4-6-14(7-5-13)20(22)23;/h4-7,12,15,17-18H,2-3,8-11H2,1H3,(H,19,21);1H. The summed E-state index contributed by atoms with van der Waals surface area (Å²) in [4.78, 5) is 22.1. The van der Waals surface area contributed by atoms with Crippen LogP contribution in [-0.2, 0) is 4.79 Å². The molecule has 1 aliphatic heterocycles. The fourth-order valence-corrected chi connectivity index (χ4v) is 2.69. The summed E-state index contributed by atoms with van der Waals surface area (Å²) in [7, 11) is 0. The number of hydrogen-bond donors (Lipinski definition) is 3. The van der Waals surface area contributed by atoms with Gasteiger partial charge in [0.1, 0.15) is 0 Å². The highest BCUT2D eigenvalue weighted by Gasteiger charge is 2.22. The van der Waals surface area contributed by atoms with Crippen molar-refractivity contribution in [1.29, 1.82) is 0 Å². The van der Waals surface area contributed by atoms with Crippen molar-refractivity contribution in [2.75, 3.05) is 25.0 Å². The molecule has 2 unspecified atom stereocenters. The van der Waals surface area contributed by atoms with Gasteiger partial charge in [0.05, 0.1) is 4.92 Å². The zero-order chi connectivity index (χ0) is 16.7. The van der Waals surface area contributed by atoms with Crippen LogP contribution in [0.1, 0.15) is 26.2 Å². The van der Waals surface area contributed by atoms with Gasteiger partial charge in [0.2, 0.25) is 5.91 Å². The Hall–Kier alpha value is -1.86. The number of nitrogens with zero attached hydrogens (tertiary/aromatic N) is 1. The highest BCUT2D eigenvalue weighted by Crippen LogP contribution is 2.15. The van der Waals surface area contributed by atoms with E-state index in [4.69, 9.17) is 0 Å². The number of anilines is 1. The summed E-state index contributed by atoms with van der Waals surface area (Å²) < 4.78 is 0. The molecule has 2 rings (SSSR count). The van der Waals surface area contributed by atoms with Gasteiger partial charge in [0.15, 0.2) is 0 Å². The van der Waals surface area contributed by atoms with E-state index in [1.807, 2.05) is 0 Å². The van der Waals surface area contributed by atoms with Crippen LogP contribution in [0.5, 0.6) is 0 Å². The van der Waals surface area contributed by atoms with Gasteiger partial charge in [-0.3, -0.25) is 14.9 Å². The Bertz CT molecular complexity index is 539. The Labute approximate surface area is 148 Å². The van der Waals surface area contributed by atoms with Gasteiger partial charge in [0, 0.05) is 36.8 Å². The van der Waals surface area contributed by atoms with Crippen LogP contribution >= 0.6 is 12.4 Å². The number of hydrogen-bond acceptors (Lipinski definition) is 5. The van der Waals surface area contributed by atoms with Crippen molar-refractivity contribution < 1.29 is 9.72 Å². The molecule has 0 aromatic heterocycles. The number of carbonyl (C=O) groups is 1. The maximum Gasteiger partial charge on any atom is 0.269 e. The summed E-state index contributed by atoms with van der Waals surface area (Å²) >= 11 is 0. The Morgan fingerprint density at radius 3 is 2.71 bits per heavy atom. The van der Waals surface area contributed by atoms with E-state index in [1.54, 1.807) is 12.1 Å². The number of piperidine rings is 1. The number of carbonyl (C=O) groups excluding carboxylic acids is 1. The smallest absolute Gasteiger partial charge is 0.269 e. The number of halogens is 1. The number of rotatable bonds is 7. The topological polar surface area (TPSA) is 96.3 Å². The van der Waals surface area contributed by atoms with Gasteiger partial charge in [-0.15, -0.1) is 12.4 Å². The summed E-state index contributed by atoms with van der Waals surface area (Å²) in [5.41, 5.74) is 0.897. The van der Waals surface area contributed by atoms with Crippen LogP contribution in [0.2, 0.25) is 0 Å². The average Bonchev–Trinajstić information content (AvgIpc) is 2.54. The van der Waals surface area contributed by atoms with Crippen molar-refractivity contribution in [3.8, 4) is 0 Å². The van der Waals surface area contributed by atoms with Gasteiger partial charge >= 0.3 is 0 Å². The predicted octanol–water partition coefficient (Wildman–Crippen LogP) is 2.32. The largest absolute Gasteiger partial charge is 0.385 e. The van der Waals surface area contributed by atoms with E-state index in [9.17, 15) is 14.9 Å². The van der Waals surface area contributed by atoms with Crippen molar-refractivity contribution in [2.45, 2.75) is 32.2 Å². The first-order valence-corrected chi connectivity index (χ1v) is 8.04. The quantitative estimate of drug-likeness (QED) is 0.396. The maximum atomic E-state index is 12.0. The summed E-state index contributed by atoms with van der Waals surface area (Å²) in [6.45, 7) is 4.71. The van der Waals surface area contributed by atoms with E-state index < -0.39 is 4.92 Å². The van der Waals surface area contributed by atoms with E-state index in [0.717, 1.165) is 31.6 Å². The third-order valence-corrected chi connectivity index (χ3v) is 4.12. The average molecular weight is 357 g/mol. The van der Waals surface area contributed by atoms with E-state index >= 15 is 0 Å². The monoisotopic (exact) mass is 356 g/mol. The second-order valence-corrected chi connectivity index (χ2v) is 5.98. The minimum absolute atomic E-state index is 0. The van der Waals surface area contributed by atoms with Gasteiger partial charge in [-0.05, 0) is 44.0 Å². The van der Waals surface area contributed by atoms with Gasteiger partial charge < -0.3 is 16.0 Å². The number of amides is 1. The van der Waals surface area contributed by atoms with Crippen molar-refractivity contribution in [1.82, 2.24) is 10.6 Å². The lowest BCUT2D eigenvalue weighted by Gasteiger charge is -2.30. The zero-order valence-corrected chi connectivity index (χ0v) is 14.6. The first kappa shape index (κ1) is 20.2. The highest BCUT2D eigenvalue weighted by atomic mass is 35.5. The molecule has 1 fully saturated rings. The molecule has 24 heavy (non-hydrogen) atoms. The second kappa shape index (κ2) is 10.1. The lowest BCUT2D eigenvalue weighted by molar-refractivity contribution is -0.384. The van der Waals surface area contributed by atoms with Crippen LogP contribution in [0.4, 0.5) is 11.4 Å². The number of non-ortho nitro benzene ring substituents is 1. The first-order valence-electron chi connectivity index (χ1n) is 8.04. The molecular formula is C16H25ClN4O3. The molecule has 8 heteroatoms. The number of nitro benzene ring substituents is 1. The molecule has 0 saturated carbocycles. The normalized spacial score (nSPS) is 19.9. The molecule has 3 N–H and O–H groups in total. The van der Waals surface area contributed by atoms with Crippen LogP contribution in [0.3, 0.4) is 0 Å². The molecule has 0 spiro atoms. The fraction of sp³-hybridized carbons (Fsp3) is 0.562. The number of nitrogens with one attached hydrogen (secondary N) is 3. The van der Waals surface area contributed by atoms with Gasteiger partial charge in [0.25, 0.3) is 5.69 Å². The Morgan fingerprint density at radius 1 is 1.38 bits per heavy atom. The minimum atomic E-state index is -0.421. The van der Waals surface area contributed by atoms with Crippen LogP contribution in [0.15, 0.2) is 24.3 Å². The molecule has 0 bridgehead atoms. The van der Waals surface area contributed by atoms with Gasteiger partial charge in [-0.2, -0.15) is 0 Å². The molecular weight excluding hydrogens is 332 g/mol. The molecule has 2 atom stereocenters. The molecule has 1 saturated heterocycles. The number of benzene rings is 1. The Kier molecular flexibility index (Phi) is 8.49. The van der Waals surface area contributed by atoms with Gasteiger partial charge in [-0.25, -0.2) is 0 Å². The van der Waals surface area contributed by atoms with Crippen molar-refractivity contribution >= 4 is 29.7 Å². The van der Waals surface area contributed by atoms with E-state index in [2.05, 4.69) is 22.9 Å². The Balaban J connectivity index is 0.00000288. The summed E-state index contributed by atoms with van der Waals surface area (Å²) in [5, 5.41) is 20.2. The van der Waals surface area contributed by atoms with Crippen molar-refractivity contribution in [3.63, 3.8) is 0 Å². The molecule has 1 amide bonds. The van der Waals surface area contributed by atoms with Crippen molar-refractivity contribution in [3.05, 3.63) is 34.4 Å². The molecule has 1 aliphatic rings. The number of nitro groups is 1. The molecule has 1 heterocycles. The van der Waals surface area contributed by atoms with E-state index in [-0.39, 0.29) is 30.0 Å². The molecule has 7 nitrogen and oxygen atoms in total. The molecule has 1 aromatic rings. The van der Waals surface area contributed by atoms with E-state index in [0.29, 0.717) is 18.9 Å². The highest BCUT2D eigenvalue weighted by molar-refractivity contribution is 5.85. The predicted molar refractivity (Wildman–Crippen MR) is 96.6 cm³/mol. The first-order chi connectivity index (χ1) is 11.1. The SMILES string of the molecule is CC1CNCCC1NC(=O)CCCNc1ccc([N+](=O)[O-])cc1.Cl. The third kappa shape index (κ3) is 6.33. The van der Waals surface area contributed by atoms with Gasteiger partial charge in [-0.1, -0.05) is 6.92 Å². The third-order valence-electron chi connectivity index (χ3n) is 4.12. The summed E-state index contributed by atoms with van der Waals surface area (Å²) in [6, 6.07) is 6.55. The lowest BCUT2D eigenvalue weighted by Crippen LogP contribution is -2.48. The molecule has 0 radical (unpaired) electrons. The fourth-order valence-electron chi connectivity index (χ4n) is 2.69. The minimum Gasteiger partial charge on any atom is -0.385 e. The van der Waals surface area contributed by atoms with Crippen molar-refractivity contribution in [2.24, 2.45) is 5.92 Å². The van der Waals surface area contributed by atoms with Crippen LogP contribution in [0, 0.1) is 16.0 Å². The summed E-state index contributed by atoms with van der Waals surface area (Å²) in [6.07, 6.45) is 2.19. The zero-order valence-electron chi connectivity index (χ0n) is 13.8. The summed E-state index contributed by atoms with van der Waals surface area (Å²) in [5.74, 6) is 0.556. The van der Waals surface area contributed by atoms with Crippen LogP contribution < -0.4 is 16.0 Å².